The fraction of sp³-hybridized carbons (Fsp3) is 0.929. The number of carbonyl (C=O) groups is 1. The van der Waals surface area contributed by atoms with Gasteiger partial charge in [-0.25, -0.2) is 0 Å². The van der Waals surface area contributed by atoms with Crippen LogP contribution in [0, 0.1) is 11.8 Å². The van der Waals surface area contributed by atoms with Crippen LogP contribution in [-0.2, 0) is 4.79 Å². The maximum atomic E-state index is 12.2. The lowest BCUT2D eigenvalue weighted by molar-refractivity contribution is -0.128. The highest BCUT2D eigenvalue weighted by molar-refractivity contribution is 5.79. The molecule has 4 heteroatoms. The highest BCUT2D eigenvalue weighted by Crippen LogP contribution is 2.32. The monoisotopic (exact) mass is 254 g/mol. The molecule has 104 valence electrons. The number of aliphatic hydroxyl groups excluding tert-OH is 1. The first kappa shape index (κ1) is 13.8. The fourth-order valence-electron chi connectivity index (χ4n) is 3.08. The van der Waals surface area contributed by atoms with E-state index in [1.54, 1.807) is 0 Å². The van der Waals surface area contributed by atoms with E-state index in [1.807, 2.05) is 0 Å². The minimum Gasteiger partial charge on any atom is -0.394 e. The van der Waals surface area contributed by atoms with Crippen molar-refractivity contribution in [3.8, 4) is 0 Å². The van der Waals surface area contributed by atoms with Crippen LogP contribution in [0.4, 0.5) is 0 Å². The summed E-state index contributed by atoms with van der Waals surface area (Å²) in [6.07, 6.45) is 6.07. The van der Waals surface area contributed by atoms with Crippen molar-refractivity contribution in [2.45, 2.75) is 51.0 Å². The number of nitrogens with one attached hydrogen (secondary N) is 2. The summed E-state index contributed by atoms with van der Waals surface area (Å²) in [5.41, 5.74) is -0.346. The van der Waals surface area contributed by atoms with Gasteiger partial charge in [0.1, 0.15) is 0 Å². The molecule has 0 spiro atoms. The molecule has 0 radical (unpaired) electrons. The summed E-state index contributed by atoms with van der Waals surface area (Å²) >= 11 is 0. The van der Waals surface area contributed by atoms with Gasteiger partial charge in [0.15, 0.2) is 0 Å². The van der Waals surface area contributed by atoms with Gasteiger partial charge in [-0.15, -0.1) is 0 Å². The lowest BCUT2D eigenvalue weighted by Crippen LogP contribution is -2.56. The molecule has 0 unspecified atom stereocenters. The van der Waals surface area contributed by atoms with Gasteiger partial charge in [0.2, 0.25) is 5.91 Å². The smallest absolute Gasteiger partial charge is 0.224 e. The summed E-state index contributed by atoms with van der Waals surface area (Å²) in [5.74, 6) is 0.935. The average molecular weight is 254 g/mol. The van der Waals surface area contributed by atoms with E-state index in [4.69, 9.17) is 0 Å². The summed E-state index contributed by atoms with van der Waals surface area (Å²) in [6, 6.07) is 0. The first-order valence-corrected chi connectivity index (χ1v) is 7.29. The zero-order valence-electron chi connectivity index (χ0n) is 11.4. The number of aliphatic hydroxyl groups is 1. The molecule has 1 saturated heterocycles. The second kappa shape index (κ2) is 6.02. The van der Waals surface area contributed by atoms with Crippen LogP contribution < -0.4 is 10.6 Å². The topological polar surface area (TPSA) is 61.4 Å². The number of rotatable bonds is 3. The van der Waals surface area contributed by atoms with Crippen LogP contribution in [0.25, 0.3) is 0 Å². The lowest BCUT2D eigenvalue weighted by Gasteiger charge is -2.40. The molecule has 1 saturated carbocycles. The van der Waals surface area contributed by atoms with Crippen molar-refractivity contribution >= 4 is 5.91 Å². The third-order valence-electron chi connectivity index (χ3n) is 4.59. The second-order valence-electron chi connectivity index (χ2n) is 6.15. The maximum absolute atomic E-state index is 12.2. The van der Waals surface area contributed by atoms with E-state index in [-0.39, 0.29) is 24.0 Å². The molecule has 0 aromatic heterocycles. The van der Waals surface area contributed by atoms with E-state index in [2.05, 4.69) is 17.6 Å². The molecular formula is C14H26N2O2. The largest absolute Gasteiger partial charge is 0.394 e. The van der Waals surface area contributed by atoms with Gasteiger partial charge >= 0.3 is 0 Å². The molecule has 4 nitrogen and oxygen atoms in total. The summed E-state index contributed by atoms with van der Waals surface area (Å²) in [5, 5.41) is 16.1. The number of amides is 1. The summed E-state index contributed by atoms with van der Waals surface area (Å²) < 4.78 is 0. The molecule has 1 aliphatic heterocycles. The van der Waals surface area contributed by atoms with Crippen molar-refractivity contribution in [3.05, 3.63) is 0 Å². The number of piperidine rings is 1. The third-order valence-corrected chi connectivity index (χ3v) is 4.59. The maximum Gasteiger partial charge on any atom is 0.224 e. The SMILES string of the molecule is CC1CCC(CO)(NC(=O)[C@H]2CCCNC2)CC1. The highest BCUT2D eigenvalue weighted by Gasteiger charge is 2.36. The van der Waals surface area contributed by atoms with Crippen molar-refractivity contribution in [2.75, 3.05) is 19.7 Å². The van der Waals surface area contributed by atoms with Crippen molar-refractivity contribution < 1.29 is 9.90 Å². The lowest BCUT2D eigenvalue weighted by atomic mass is 9.77. The van der Waals surface area contributed by atoms with Crippen LogP contribution in [-0.4, -0.2) is 36.2 Å². The molecule has 1 atom stereocenters. The van der Waals surface area contributed by atoms with Gasteiger partial charge in [0, 0.05) is 6.54 Å². The Labute approximate surface area is 110 Å². The Balaban J connectivity index is 1.90. The van der Waals surface area contributed by atoms with Gasteiger partial charge in [0.05, 0.1) is 18.1 Å². The molecule has 2 rings (SSSR count). The molecule has 1 amide bonds. The van der Waals surface area contributed by atoms with E-state index in [9.17, 15) is 9.90 Å². The molecular weight excluding hydrogens is 228 g/mol. The summed E-state index contributed by atoms with van der Waals surface area (Å²) in [7, 11) is 0. The predicted molar refractivity (Wildman–Crippen MR) is 71.2 cm³/mol. The van der Waals surface area contributed by atoms with E-state index in [1.165, 1.54) is 0 Å². The number of hydrogen-bond acceptors (Lipinski definition) is 3. The van der Waals surface area contributed by atoms with Crippen molar-refractivity contribution in [3.63, 3.8) is 0 Å². The molecule has 18 heavy (non-hydrogen) atoms. The van der Waals surface area contributed by atoms with Crippen LogP contribution in [0.2, 0.25) is 0 Å². The minimum atomic E-state index is -0.346. The second-order valence-corrected chi connectivity index (χ2v) is 6.15. The Morgan fingerprint density at radius 2 is 2.11 bits per heavy atom. The van der Waals surface area contributed by atoms with Crippen LogP contribution in [0.15, 0.2) is 0 Å². The molecule has 2 fully saturated rings. The van der Waals surface area contributed by atoms with E-state index < -0.39 is 0 Å². The van der Waals surface area contributed by atoms with E-state index in [0.29, 0.717) is 0 Å². The molecule has 2 aliphatic rings. The Hall–Kier alpha value is -0.610. The first-order chi connectivity index (χ1) is 8.65. The molecule has 1 heterocycles. The van der Waals surface area contributed by atoms with Crippen molar-refractivity contribution in [1.82, 2.24) is 10.6 Å². The van der Waals surface area contributed by atoms with Gasteiger partial charge in [-0.3, -0.25) is 4.79 Å². The summed E-state index contributed by atoms with van der Waals surface area (Å²) in [6.45, 7) is 4.12. The molecule has 1 aliphatic carbocycles. The van der Waals surface area contributed by atoms with Crippen LogP contribution in [0.3, 0.4) is 0 Å². The van der Waals surface area contributed by atoms with Gasteiger partial charge in [-0.2, -0.15) is 0 Å². The molecule has 0 bridgehead atoms. The zero-order chi connectivity index (χ0) is 13.0. The van der Waals surface area contributed by atoms with Gasteiger partial charge < -0.3 is 15.7 Å². The predicted octanol–water partition coefficient (Wildman–Crippen LogP) is 1.04. The van der Waals surface area contributed by atoms with Crippen LogP contribution in [0.5, 0.6) is 0 Å². The zero-order valence-corrected chi connectivity index (χ0v) is 11.4. The molecule has 0 aromatic carbocycles. The highest BCUT2D eigenvalue weighted by atomic mass is 16.3. The standard InChI is InChI=1S/C14H26N2O2/c1-11-4-6-14(10-17,7-5-11)16-13(18)12-3-2-8-15-9-12/h11-12,15,17H,2-10H2,1H3,(H,16,18)/t11?,12-,14?/m0/s1. The van der Waals surface area contributed by atoms with E-state index >= 15 is 0 Å². The average Bonchev–Trinajstić information content (AvgIpc) is 2.43. The number of carbonyl (C=O) groups excluding carboxylic acids is 1. The Kier molecular flexibility index (Phi) is 4.62. The van der Waals surface area contributed by atoms with Crippen molar-refractivity contribution in [2.24, 2.45) is 11.8 Å². The van der Waals surface area contributed by atoms with Crippen molar-refractivity contribution in [1.29, 1.82) is 0 Å². The van der Waals surface area contributed by atoms with Gasteiger partial charge in [0.25, 0.3) is 0 Å². The minimum absolute atomic E-state index is 0.0750. The number of hydrogen-bond donors (Lipinski definition) is 3. The van der Waals surface area contributed by atoms with Crippen LogP contribution >= 0.6 is 0 Å². The molecule has 0 aromatic rings. The normalized spacial score (nSPS) is 37.2. The molecule has 3 N–H and O–H groups in total. The third kappa shape index (κ3) is 3.23. The van der Waals surface area contributed by atoms with E-state index in [0.717, 1.165) is 57.5 Å². The summed E-state index contributed by atoms with van der Waals surface area (Å²) in [4.78, 5) is 12.2. The Morgan fingerprint density at radius 3 is 2.67 bits per heavy atom. The Morgan fingerprint density at radius 1 is 1.39 bits per heavy atom. The van der Waals surface area contributed by atoms with Gasteiger partial charge in [-0.1, -0.05) is 6.92 Å². The van der Waals surface area contributed by atoms with Crippen LogP contribution in [0.1, 0.15) is 45.4 Å². The first-order valence-electron chi connectivity index (χ1n) is 7.29. The Bertz CT molecular complexity index is 280. The fourth-order valence-corrected chi connectivity index (χ4v) is 3.08. The van der Waals surface area contributed by atoms with Gasteiger partial charge in [-0.05, 0) is 51.0 Å². The quantitative estimate of drug-likeness (QED) is 0.705.